The fourth-order valence-corrected chi connectivity index (χ4v) is 12.9. The number of ether oxygens (including phenoxy) is 7. The molecule has 10 N–H and O–H groups in total. The minimum Gasteiger partial charge on any atom is -0.495 e. The number of aromatic nitrogens is 1. The Kier molecular flexibility index (Phi) is 30.4. The van der Waals surface area contributed by atoms with Crippen LogP contribution in [-0.4, -0.2) is 215 Å². The number of alkyl carbamates (subject to hydrolysis) is 1. The van der Waals surface area contributed by atoms with E-state index in [9.17, 15) is 48.6 Å². The highest BCUT2D eigenvalue weighted by molar-refractivity contribution is 6.35. The Morgan fingerprint density at radius 1 is 0.911 bits per heavy atom. The summed E-state index contributed by atoms with van der Waals surface area (Å²) in [6, 6.07) is 17.8. The lowest BCUT2D eigenvalue weighted by molar-refractivity contribution is -0.162. The molecule has 101 heavy (non-hydrogen) atoms. The number of allylic oxidation sites excluding steroid dienone is 3. The molecule has 7 rings (SSSR count). The van der Waals surface area contributed by atoms with E-state index in [1.807, 2.05) is 56.4 Å². The number of aryl methyl sites for hydroxylation is 1. The van der Waals surface area contributed by atoms with E-state index in [-0.39, 0.29) is 82.4 Å². The number of para-hydroxylation sites is 1. The molecular formula is C72H102ClN11O17. The number of carboxylic acids is 1. The summed E-state index contributed by atoms with van der Waals surface area (Å²) in [7, 11) is 9.55. The first-order valence-electron chi connectivity index (χ1n) is 34.3. The van der Waals surface area contributed by atoms with Crippen molar-refractivity contribution >= 4 is 75.8 Å². The molecule has 3 aromatic carbocycles. The van der Waals surface area contributed by atoms with Gasteiger partial charge < -0.3 is 84.7 Å². The molecular weight excluding hydrogens is 1330 g/mol. The molecule has 29 heteroatoms. The average molecular weight is 1430 g/mol. The first kappa shape index (κ1) is 80.3. The Morgan fingerprint density at radius 2 is 1.62 bits per heavy atom. The molecule has 2 fully saturated rings. The van der Waals surface area contributed by atoms with Crippen LogP contribution in [0.25, 0.3) is 10.9 Å². The summed E-state index contributed by atoms with van der Waals surface area (Å²) in [5, 5.41) is 39.0. The minimum atomic E-state index is -1.93. The number of likely N-dealkylation sites (N-methyl/N-ethyl adjacent to an activating group) is 1. The van der Waals surface area contributed by atoms with Crippen molar-refractivity contribution in [1.29, 1.82) is 0 Å². The van der Waals surface area contributed by atoms with E-state index in [1.54, 1.807) is 68.5 Å². The second kappa shape index (κ2) is 38.3. The summed E-state index contributed by atoms with van der Waals surface area (Å²) in [5.41, 5.74) is 10.1. The molecule has 0 aliphatic carbocycles. The molecule has 2 saturated heterocycles. The van der Waals surface area contributed by atoms with Gasteiger partial charge in [-0.2, -0.15) is 0 Å². The molecule has 4 aromatic rings. The minimum absolute atomic E-state index is 0.0213. The van der Waals surface area contributed by atoms with E-state index in [0.29, 0.717) is 62.4 Å². The first-order valence-corrected chi connectivity index (χ1v) is 34.7. The summed E-state index contributed by atoms with van der Waals surface area (Å²) in [4.78, 5) is 113. The lowest BCUT2D eigenvalue weighted by Crippen LogP contribution is -2.63. The third-order valence-electron chi connectivity index (χ3n) is 18.7. The normalized spacial score (nSPS) is 22.8. The Labute approximate surface area is 595 Å². The number of halogens is 1. The van der Waals surface area contributed by atoms with Crippen molar-refractivity contribution in [2.75, 3.05) is 93.4 Å². The number of nitrogens with zero attached hydrogens (tertiary/aromatic N) is 4. The zero-order chi connectivity index (χ0) is 73.6. The number of benzene rings is 3. The zero-order valence-corrected chi connectivity index (χ0v) is 60.3. The lowest BCUT2D eigenvalue weighted by Gasteiger charge is -2.42. The van der Waals surface area contributed by atoms with Crippen molar-refractivity contribution in [2.24, 2.45) is 11.7 Å². The maximum Gasteiger partial charge on any atom is 0.409 e. The van der Waals surface area contributed by atoms with Gasteiger partial charge in [0.1, 0.15) is 52.8 Å². The zero-order valence-electron chi connectivity index (χ0n) is 59.6. The van der Waals surface area contributed by atoms with Crippen LogP contribution in [0.3, 0.4) is 0 Å². The number of unbranched alkanes of at least 4 members (excludes halogenated alkanes) is 1. The van der Waals surface area contributed by atoms with Crippen molar-refractivity contribution in [3.05, 3.63) is 118 Å². The predicted molar refractivity (Wildman–Crippen MR) is 378 cm³/mol. The number of amides is 6. The molecule has 4 heterocycles. The van der Waals surface area contributed by atoms with E-state index < -0.39 is 114 Å². The summed E-state index contributed by atoms with van der Waals surface area (Å²) in [6.45, 7) is 9.39. The molecule has 4 bridgehead atoms. The van der Waals surface area contributed by atoms with Crippen molar-refractivity contribution in [2.45, 2.75) is 165 Å². The van der Waals surface area contributed by atoms with Crippen LogP contribution < -0.4 is 47.4 Å². The van der Waals surface area contributed by atoms with Crippen molar-refractivity contribution in [3.8, 4) is 5.75 Å². The topological polar surface area (TPSA) is 358 Å². The number of carbonyl (C=O) groups is 8. The highest BCUT2D eigenvalue weighted by Gasteiger charge is 2.64. The van der Waals surface area contributed by atoms with Gasteiger partial charge in [0.15, 0.2) is 5.72 Å². The number of nitrogens with one attached hydrogen (secondary N) is 6. The van der Waals surface area contributed by atoms with Crippen molar-refractivity contribution < 1.29 is 81.7 Å². The van der Waals surface area contributed by atoms with Gasteiger partial charge in [0.25, 0.3) is 0 Å². The van der Waals surface area contributed by atoms with Gasteiger partial charge >= 0.3 is 18.0 Å². The average Bonchev–Trinajstić information content (AvgIpc) is 1.57. The Hall–Kier alpha value is -8.03. The quantitative estimate of drug-likeness (QED) is 0.0127. The number of methoxy groups -OCH3 is 2. The third kappa shape index (κ3) is 22.5. The number of carbonyl (C=O) groups excluding carboxylic acids is 7. The van der Waals surface area contributed by atoms with Gasteiger partial charge in [0, 0.05) is 96.7 Å². The Morgan fingerprint density at radius 3 is 2.33 bits per heavy atom. The van der Waals surface area contributed by atoms with Crippen LogP contribution in [0.4, 0.5) is 10.5 Å². The van der Waals surface area contributed by atoms with E-state index >= 15 is 0 Å². The Balaban J connectivity index is 0.942. The monoisotopic (exact) mass is 1430 g/mol. The number of hydrogen-bond acceptors (Lipinski definition) is 20. The molecule has 554 valence electrons. The molecule has 3 aliphatic heterocycles. The molecule has 11 atom stereocenters. The maximum absolute atomic E-state index is 14.7. The maximum atomic E-state index is 14.7. The molecule has 0 unspecified atom stereocenters. The summed E-state index contributed by atoms with van der Waals surface area (Å²) >= 11 is 6.90. The fourth-order valence-electron chi connectivity index (χ4n) is 12.6. The molecule has 0 spiro atoms. The number of anilines is 1. The number of fused-ring (bicyclic) bond motifs is 6. The number of aliphatic carboxylic acids is 1. The van der Waals surface area contributed by atoms with Crippen LogP contribution >= 0.6 is 11.6 Å². The van der Waals surface area contributed by atoms with Crippen LogP contribution in [0.2, 0.25) is 5.02 Å². The van der Waals surface area contributed by atoms with Crippen LogP contribution in [0.15, 0.2) is 96.6 Å². The van der Waals surface area contributed by atoms with E-state index in [4.69, 9.17) is 50.5 Å². The second-order valence-corrected chi connectivity index (χ2v) is 26.5. The van der Waals surface area contributed by atoms with Crippen LogP contribution in [0, 0.1) is 5.92 Å². The van der Waals surface area contributed by atoms with Gasteiger partial charge in [0.05, 0.1) is 58.3 Å². The van der Waals surface area contributed by atoms with E-state index in [0.717, 1.165) is 32.6 Å². The second-order valence-electron chi connectivity index (χ2n) is 26.2. The summed E-state index contributed by atoms with van der Waals surface area (Å²) in [6.07, 6.45) is 1.08. The number of epoxide rings is 1. The molecule has 1 aromatic heterocycles. The van der Waals surface area contributed by atoms with Gasteiger partial charge in [-0.3, -0.25) is 39.5 Å². The van der Waals surface area contributed by atoms with Crippen molar-refractivity contribution in [3.63, 3.8) is 0 Å². The van der Waals surface area contributed by atoms with Crippen LogP contribution in [0.1, 0.15) is 108 Å². The van der Waals surface area contributed by atoms with Crippen molar-refractivity contribution in [1.82, 2.24) is 46.5 Å². The highest BCUT2D eigenvalue weighted by atomic mass is 35.5. The van der Waals surface area contributed by atoms with Crippen LogP contribution in [0.5, 0.6) is 5.75 Å². The fraction of sp³-hybridized carbons (Fsp3) is 0.556. The smallest absolute Gasteiger partial charge is 0.409 e. The number of hydrazine groups is 1. The van der Waals surface area contributed by atoms with Gasteiger partial charge in [-0.05, 0) is 107 Å². The number of rotatable bonds is 35. The van der Waals surface area contributed by atoms with Crippen LogP contribution in [-0.2, 0) is 81.5 Å². The third-order valence-corrected chi connectivity index (χ3v) is 19.1. The summed E-state index contributed by atoms with van der Waals surface area (Å²) in [5.74, 6) is -4.88. The summed E-state index contributed by atoms with van der Waals surface area (Å²) < 4.78 is 43.4. The van der Waals surface area contributed by atoms with Gasteiger partial charge in [0.2, 0.25) is 29.5 Å². The van der Waals surface area contributed by atoms with E-state index in [1.165, 1.54) is 40.1 Å². The molecule has 0 saturated carbocycles. The van der Waals surface area contributed by atoms with Gasteiger partial charge in [-0.25, -0.2) is 14.6 Å². The van der Waals surface area contributed by atoms with E-state index in [2.05, 4.69) is 42.6 Å². The van der Waals surface area contributed by atoms with Gasteiger partial charge in [-0.1, -0.05) is 90.9 Å². The standard InChI is InChI=1S/C72H102ClN11O17/c1-45-19-18-25-58(96-10)72(94)42-57(99-70(93)80-72)46(2)66-71(4,101-66)59(41-62(87)83(8)55-38-48(37-45)39-56(95-9)64(55)73)100-69(92)47(3)82(7)68(91)53(23-16-17-30-74)78-67(90)65(49-20-12-11-13-21-49)79-61(86)29-33-97-35-36-98-34-31-76-43-51(26-27-63(88)89)77-60(85)28-32-84-52(44-81(6)75-5)40-50-22-14-15-24-54(50)84/h11-15,18-22,24-25,38-40,46-47,51,53,57-59,65-66,75-76,94H,16-17,23,26-37,41-44,74H2,1-10H3,(H,77,85)(H,78,90)(H,79,86)(H,80,93)(H,88,89)/b25-18+,45-19+/t46-,47+,51+,53+,57+,58-,59+,65+,66+,71+,72+/m1/s1. The number of nitrogens with two attached hydrogens (primary N) is 1. The van der Waals surface area contributed by atoms with Gasteiger partial charge in [-0.15, -0.1) is 0 Å². The Bertz CT molecular complexity index is 3540. The molecule has 0 radical (unpaired) electrons. The number of carboxylic acid groups (broad SMARTS) is 1. The first-order chi connectivity index (χ1) is 48.2. The largest absolute Gasteiger partial charge is 0.495 e. The number of aliphatic hydroxyl groups is 1. The number of esters is 1. The predicted octanol–water partition coefficient (Wildman–Crippen LogP) is 4.96. The molecule has 3 aliphatic rings. The molecule has 28 nitrogen and oxygen atoms in total. The molecule has 6 amide bonds. The SMILES string of the molecule is CNN(C)Cc1cc2ccccc2n1CCC(=O)N[C@@H](CCC(=O)O)CNCCOCCOCCC(=O)N[C@H](C(=O)N[C@@H](CCCCN)C(=O)N(C)[C@@H](C)C(=O)O[C@H]1CC(=O)N(C)c2cc(cc(OC)c2Cl)C/C(C)=C/C=C/[C@@H](OC)[C@@]2(O)C[C@H](OC(=O)N2)[C@@H](C)[C@@H]2O[C@@]12C)c1ccccc1. The highest BCUT2D eigenvalue weighted by Crippen LogP contribution is 2.49. The lowest BCUT2D eigenvalue weighted by atomic mass is 9.83. The number of hydrogen-bond donors (Lipinski definition) is 9.